The summed E-state index contributed by atoms with van der Waals surface area (Å²) in [7, 11) is -4.84. The molecule has 0 radical (unpaired) electrons. The Hall–Kier alpha value is -3.71. The van der Waals surface area contributed by atoms with E-state index in [1.54, 1.807) is 26.0 Å². The van der Waals surface area contributed by atoms with E-state index in [0.717, 1.165) is 76.7 Å². The molecule has 3 aromatic rings. The fourth-order valence-electron chi connectivity index (χ4n) is 7.83. The average Bonchev–Trinajstić information content (AvgIpc) is 3.87. The summed E-state index contributed by atoms with van der Waals surface area (Å²) in [5, 5.41) is 24.0. The van der Waals surface area contributed by atoms with Crippen LogP contribution in [0.25, 0.3) is 5.52 Å². The number of aromatic nitrogens is 3. The summed E-state index contributed by atoms with van der Waals surface area (Å²) in [5.74, 6) is -1.49. The Kier molecular flexibility index (Phi) is 17.5. The third-order valence-electron chi connectivity index (χ3n) is 10.9. The van der Waals surface area contributed by atoms with Crippen LogP contribution in [0.15, 0.2) is 36.7 Å². The Labute approximate surface area is 354 Å². The molecule has 19 heteroatoms. The van der Waals surface area contributed by atoms with E-state index in [0.29, 0.717) is 36.0 Å². The second kappa shape index (κ2) is 22.1. The average molecular weight is 881 g/mol. The number of anilines is 1. The molecule has 0 spiro atoms. The molecule has 1 aromatic carbocycles. The number of halogens is 4. The maximum absolute atomic E-state index is 14.2. The number of nitrogens with zero attached hydrogens (tertiary/aromatic N) is 5. The van der Waals surface area contributed by atoms with Crippen LogP contribution in [0.3, 0.4) is 0 Å². The Morgan fingerprint density at radius 1 is 0.934 bits per heavy atom. The van der Waals surface area contributed by atoms with Gasteiger partial charge in [0.15, 0.2) is 11.6 Å². The molecule has 2 fully saturated rings. The molecule has 14 nitrogen and oxygen atoms in total. The first kappa shape index (κ1) is 48.3. The van der Waals surface area contributed by atoms with E-state index in [1.807, 2.05) is 6.07 Å². The predicted octanol–water partition coefficient (Wildman–Crippen LogP) is 9.70. The van der Waals surface area contributed by atoms with Crippen molar-refractivity contribution < 1.29 is 55.0 Å². The van der Waals surface area contributed by atoms with Gasteiger partial charge in [0, 0.05) is 6.42 Å². The number of nitriles is 2. The van der Waals surface area contributed by atoms with Crippen molar-refractivity contribution in [1.29, 1.82) is 10.5 Å². The zero-order valence-electron chi connectivity index (χ0n) is 34.8. The summed E-state index contributed by atoms with van der Waals surface area (Å²) in [6.45, 7) is 2.21. The molecule has 5 rings (SSSR count). The number of alkyl halides is 3. The molecule has 1 unspecified atom stereocenters. The van der Waals surface area contributed by atoms with E-state index in [-0.39, 0.29) is 31.0 Å². The molecule has 2 aromatic heterocycles. The quantitative estimate of drug-likeness (QED) is 0.0440. The standard InChI is InChI=1S/C42H57F4N6O8P/c1-40(2)58-37-36(34-18-19-35-39(49)50-29-51-52(34)35)59-41(27-48,38(37)60-40)28-57-61(53,54)56-26-33(55-25-31-21-30(24-47)22-32(43)23-31)17-15-13-11-9-7-5-3-4-6-8-10-12-14-16-20-42(44,45)46/h18-19,21-23,29,33,36-38H,3-17,20,25-26,28H2,1-2H3,(H,53,54)(H2,49,50,51)/t33-,36-,37-,38-,41+/m0/s1. The van der Waals surface area contributed by atoms with Crippen LogP contribution in [0.2, 0.25) is 0 Å². The number of unbranched alkanes of at least 4 members (excludes halogenated alkanes) is 13. The number of ether oxygens (including phenoxy) is 4. The number of fused-ring (bicyclic) bond motifs is 2. The second-order valence-electron chi connectivity index (χ2n) is 16.3. The minimum atomic E-state index is -4.84. The highest BCUT2D eigenvalue weighted by molar-refractivity contribution is 7.47. The lowest BCUT2D eigenvalue weighted by Gasteiger charge is -2.29. The van der Waals surface area contributed by atoms with E-state index < -0.39 is 68.6 Å². The lowest BCUT2D eigenvalue weighted by atomic mass is 9.96. The molecule has 6 atom stereocenters. The van der Waals surface area contributed by atoms with Crippen LogP contribution in [-0.2, 0) is 39.2 Å². The second-order valence-corrected chi connectivity index (χ2v) is 17.7. The first-order valence-corrected chi connectivity index (χ1v) is 22.6. The Morgan fingerprint density at radius 3 is 2.20 bits per heavy atom. The van der Waals surface area contributed by atoms with Gasteiger partial charge in [-0.05, 0) is 62.6 Å². The van der Waals surface area contributed by atoms with Gasteiger partial charge in [0.05, 0.1) is 36.6 Å². The molecule has 4 heterocycles. The van der Waals surface area contributed by atoms with Gasteiger partial charge in [-0.2, -0.15) is 28.8 Å². The minimum Gasteiger partial charge on any atom is -0.382 e. The maximum atomic E-state index is 14.2. The van der Waals surface area contributed by atoms with Gasteiger partial charge in [-0.3, -0.25) is 9.05 Å². The number of benzene rings is 1. The largest absolute Gasteiger partial charge is 0.472 e. The highest BCUT2D eigenvalue weighted by atomic mass is 31.2. The Bertz CT molecular complexity index is 2010. The summed E-state index contributed by atoms with van der Waals surface area (Å²) in [6.07, 6.45) is 6.35. The van der Waals surface area contributed by atoms with E-state index in [9.17, 15) is 37.5 Å². The van der Waals surface area contributed by atoms with E-state index >= 15 is 0 Å². The number of nitrogens with two attached hydrogens (primary N) is 1. The third kappa shape index (κ3) is 14.4. The van der Waals surface area contributed by atoms with Crippen molar-refractivity contribution >= 4 is 19.2 Å². The molecular formula is C42H57F4N6O8P. The van der Waals surface area contributed by atoms with Crippen molar-refractivity contribution in [1.82, 2.24) is 14.6 Å². The minimum absolute atomic E-state index is 0.0803. The van der Waals surface area contributed by atoms with Crippen LogP contribution in [0.5, 0.6) is 0 Å². The van der Waals surface area contributed by atoms with Gasteiger partial charge >= 0.3 is 14.0 Å². The molecule has 2 aliphatic heterocycles. The lowest BCUT2D eigenvalue weighted by Crippen LogP contribution is -2.45. The van der Waals surface area contributed by atoms with Crippen LogP contribution in [0, 0.1) is 28.5 Å². The molecule has 336 valence electrons. The van der Waals surface area contributed by atoms with Crippen molar-refractivity contribution in [3.8, 4) is 12.1 Å². The van der Waals surface area contributed by atoms with Gasteiger partial charge in [0.1, 0.15) is 48.6 Å². The molecule has 0 bridgehead atoms. The summed E-state index contributed by atoms with van der Waals surface area (Å²) < 4.78 is 101. The van der Waals surface area contributed by atoms with Crippen molar-refractivity contribution in [3.05, 3.63) is 59.3 Å². The predicted molar refractivity (Wildman–Crippen MR) is 215 cm³/mol. The number of hydrogen-bond acceptors (Lipinski definition) is 12. The van der Waals surface area contributed by atoms with Gasteiger partial charge in [0.2, 0.25) is 5.60 Å². The molecule has 0 saturated carbocycles. The van der Waals surface area contributed by atoms with Crippen LogP contribution in [-0.4, -0.2) is 68.6 Å². The number of phosphoric acid groups is 1. The first-order chi connectivity index (χ1) is 29.0. The maximum Gasteiger partial charge on any atom is 0.472 e. The van der Waals surface area contributed by atoms with Gasteiger partial charge in [-0.15, -0.1) is 0 Å². The van der Waals surface area contributed by atoms with E-state index in [2.05, 4.69) is 16.2 Å². The molecule has 2 saturated heterocycles. The van der Waals surface area contributed by atoms with Crippen molar-refractivity contribution in [2.24, 2.45) is 0 Å². The van der Waals surface area contributed by atoms with E-state index in [4.69, 9.17) is 33.7 Å². The lowest BCUT2D eigenvalue weighted by molar-refractivity contribution is -0.204. The van der Waals surface area contributed by atoms with Crippen molar-refractivity contribution in [2.45, 2.75) is 165 Å². The zero-order valence-corrected chi connectivity index (χ0v) is 35.7. The van der Waals surface area contributed by atoms with Crippen LogP contribution >= 0.6 is 7.82 Å². The summed E-state index contributed by atoms with van der Waals surface area (Å²) >= 11 is 0. The van der Waals surface area contributed by atoms with Gasteiger partial charge in [0.25, 0.3) is 0 Å². The van der Waals surface area contributed by atoms with Crippen molar-refractivity contribution in [3.63, 3.8) is 0 Å². The highest BCUT2D eigenvalue weighted by Gasteiger charge is 2.65. The van der Waals surface area contributed by atoms with Gasteiger partial charge < -0.3 is 29.6 Å². The Balaban J connectivity index is 1.09. The molecular weight excluding hydrogens is 823 g/mol. The Morgan fingerprint density at radius 2 is 1.57 bits per heavy atom. The smallest absolute Gasteiger partial charge is 0.382 e. The third-order valence-corrected chi connectivity index (χ3v) is 11.8. The fourth-order valence-corrected chi connectivity index (χ4v) is 8.61. The number of rotatable bonds is 26. The topological polar surface area (TPSA) is 196 Å². The summed E-state index contributed by atoms with van der Waals surface area (Å²) in [4.78, 5) is 14.9. The molecule has 3 N–H and O–H groups in total. The van der Waals surface area contributed by atoms with Crippen molar-refractivity contribution in [2.75, 3.05) is 18.9 Å². The zero-order chi connectivity index (χ0) is 44.1. The molecule has 2 aliphatic rings. The highest BCUT2D eigenvalue weighted by Crippen LogP contribution is 2.52. The molecule has 61 heavy (non-hydrogen) atoms. The van der Waals surface area contributed by atoms with Crippen LogP contribution < -0.4 is 5.73 Å². The van der Waals surface area contributed by atoms with Gasteiger partial charge in [-0.1, -0.05) is 83.5 Å². The number of hydrogen-bond donors (Lipinski definition) is 2. The molecule has 0 amide bonds. The SMILES string of the molecule is CC1(C)O[C@H]2[C@H](c3ccc4c(N)ncnn34)O[C@](C#N)(COP(=O)(O)OC[C@H](CCCCCCCCCCCCCCCCC(F)(F)F)OCc3cc(F)cc(C#N)c3)[C@H]2O1. The summed E-state index contributed by atoms with van der Waals surface area (Å²) in [6, 6.07) is 11.3. The van der Waals surface area contributed by atoms with E-state index in [1.165, 1.54) is 23.0 Å². The van der Waals surface area contributed by atoms with Crippen LogP contribution in [0.4, 0.5) is 23.4 Å². The number of nitrogen functional groups attached to an aromatic ring is 1. The first-order valence-electron chi connectivity index (χ1n) is 21.1. The monoisotopic (exact) mass is 880 g/mol. The normalized spacial score (nSPS) is 22.5. The van der Waals surface area contributed by atoms with Gasteiger partial charge in [-0.25, -0.2) is 18.5 Å². The number of phosphoric ester groups is 1. The molecule has 0 aliphatic carbocycles. The van der Waals surface area contributed by atoms with Crippen LogP contribution in [0.1, 0.15) is 140 Å². The fraction of sp³-hybridized carbons (Fsp3) is 0.667. The summed E-state index contributed by atoms with van der Waals surface area (Å²) in [5.41, 5.74) is 5.67.